The molecule has 0 bridgehead atoms. The zero-order chi connectivity index (χ0) is 23.3. The maximum atomic E-state index is 12.8. The Bertz CT molecular complexity index is 1240. The lowest BCUT2D eigenvalue weighted by Gasteiger charge is -2.30. The number of carbonyl (C=O) groups is 1. The quantitative estimate of drug-likeness (QED) is 0.456. The summed E-state index contributed by atoms with van der Waals surface area (Å²) in [4.78, 5) is 23.8. The number of carbonyl (C=O) groups excluding carboxylic acids is 1. The average Bonchev–Trinajstić information content (AvgIpc) is 3.56. The van der Waals surface area contributed by atoms with Gasteiger partial charge in [-0.2, -0.15) is 4.98 Å². The molecule has 0 unspecified atom stereocenters. The predicted octanol–water partition coefficient (Wildman–Crippen LogP) is 3.76. The Morgan fingerprint density at radius 1 is 1.12 bits per heavy atom. The number of nitrogens with zero attached hydrogens (tertiary/aromatic N) is 5. The number of piperidine rings is 1. The second-order valence-electron chi connectivity index (χ2n) is 8.69. The van der Waals surface area contributed by atoms with Crippen molar-refractivity contribution in [1.29, 1.82) is 0 Å². The first-order chi connectivity index (χ1) is 16.7. The SMILES string of the molecule is Cc1ccccc1-c1noc(CN2CCC(C(=O)NCc3ccccc3-n3ccnc3)CC2)n1. The highest BCUT2D eigenvalue weighted by atomic mass is 16.5. The number of rotatable bonds is 7. The molecule has 0 radical (unpaired) electrons. The number of aromatic nitrogens is 4. The third-order valence-corrected chi connectivity index (χ3v) is 6.40. The van der Waals surface area contributed by atoms with Gasteiger partial charge in [0.15, 0.2) is 0 Å². The van der Waals surface area contributed by atoms with E-state index in [2.05, 4.69) is 25.3 Å². The number of likely N-dealkylation sites (tertiary alicyclic amines) is 1. The van der Waals surface area contributed by atoms with Crippen molar-refractivity contribution in [3.63, 3.8) is 0 Å². The fourth-order valence-corrected chi connectivity index (χ4v) is 4.44. The maximum Gasteiger partial charge on any atom is 0.241 e. The molecule has 1 amide bonds. The molecule has 34 heavy (non-hydrogen) atoms. The van der Waals surface area contributed by atoms with Gasteiger partial charge in [0.25, 0.3) is 0 Å². The molecule has 8 heteroatoms. The molecule has 5 rings (SSSR count). The molecule has 1 fully saturated rings. The topological polar surface area (TPSA) is 89.1 Å². The zero-order valence-electron chi connectivity index (χ0n) is 19.2. The van der Waals surface area contributed by atoms with Crippen molar-refractivity contribution in [2.75, 3.05) is 13.1 Å². The summed E-state index contributed by atoms with van der Waals surface area (Å²) in [6.45, 7) is 4.79. The van der Waals surface area contributed by atoms with Gasteiger partial charge in [-0.05, 0) is 50.0 Å². The lowest BCUT2D eigenvalue weighted by Crippen LogP contribution is -2.40. The first-order valence-corrected chi connectivity index (χ1v) is 11.6. The van der Waals surface area contributed by atoms with E-state index in [1.54, 1.807) is 12.5 Å². The van der Waals surface area contributed by atoms with E-state index in [-0.39, 0.29) is 11.8 Å². The molecule has 0 spiro atoms. The van der Waals surface area contributed by atoms with Crippen LogP contribution in [0.2, 0.25) is 0 Å². The van der Waals surface area contributed by atoms with Crippen LogP contribution in [-0.2, 0) is 17.9 Å². The van der Waals surface area contributed by atoms with Crippen LogP contribution in [0.3, 0.4) is 0 Å². The Morgan fingerprint density at radius 2 is 1.91 bits per heavy atom. The largest absolute Gasteiger partial charge is 0.352 e. The monoisotopic (exact) mass is 456 g/mol. The third kappa shape index (κ3) is 4.92. The van der Waals surface area contributed by atoms with Crippen molar-refractivity contribution in [3.8, 4) is 17.1 Å². The molecule has 4 aromatic rings. The second-order valence-corrected chi connectivity index (χ2v) is 8.69. The van der Waals surface area contributed by atoms with Gasteiger partial charge in [-0.15, -0.1) is 0 Å². The average molecular weight is 457 g/mol. The summed E-state index contributed by atoms with van der Waals surface area (Å²) in [5.74, 6) is 1.36. The van der Waals surface area contributed by atoms with Crippen molar-refractivity contribution >= 4 is 5.91 Å². The molecular formula is C26H28N6O2. The van der Waals surface area contributed by atoms with Crippen LogP contribution in [0.15, 0.2) is 71.8 Å². The van der Waals surface area contributed by atoms with Crippen LogP contribution in [0.1, 0.15) is 29.9 Å². The highest BCUT2D eigenvalue weighted by Gasteiger charge is 2.26. The molecule has 1 saturated heterocycles. The second kappa shape index (κ2) is 10.0. The van der Waals surface area contributed by atoms with Crippen molar-refractivity contribution in [1.82, 2.24) is 29.9 Å². The Hall–Kier alpha value is -3.78. The van der Waals surface area contributed by atoms with Crippen molar-refractivity contribution in [3.05, 3.63) is 84.3 Å². The van der Waals surface area contributed by atoms with E-state index in [1.807, 2.05) is 66.2 Å². The van der Waals surface area contributed by atoms with Crippen molar-refractivity contribution in [2.45, 2.75) is 32.9 Å². The van der Waals surface area contributed by atoms with Crippen LogP contribution < -0.4 is 5.32 Å². The number of hydrogen-bond acceptors (Lipinski definition) is 6. The summed E-state index contributed by atoms with van der Waals surface area (Å²) in [7, 11) is 0. The van der Waals surface area contributed by atoms with Gasteiger partial charge in [-0.3, -0.25) is 9.69 Å². The molecule has 2 aromatic heterocycles. The van der Waals surface area contributed by atoms with E-state index in [0.717, 1.165) is 48.3 Å². The van der Waals surface area contributed by atoms with E-state index >= 15 is 0 Å². The lowest BCUT2D eigenvalue weighted by molar-refractivity contribution is -0.126. The molecule has 1 aliphatic heterocycles. The minimum absolute atomic E-state index is 0.0156. The van der Waals surface area contributed by atoms with E-state index in [4.69, 9.17) is 4.52 Å². The first kappa shape index (κ1) is 22.0. The number of para-hydroxylation sites is 1. The smallest absolute Gasteiger partial charge is 0.241 e. The van der Waals surface area contributed by atoms with Crippen LogP contribution in [0.5, 0.6) is 0 Å². The molecule has 0 atom stereocenters. The summed E-state index contributed by atoms with van der Waals surface area (Å²) in [6.07, 6.45) is 7.05. The van der Waals surface area contributed by atoms with Gasteiger partial charge in [-0.25, -0.2) is 4.98 Å². The molecule has 0 aliphatic carbocycles. The Balaban J connectivity index is 1.12. The number of aryl methyl sites for hydroxylation is 1. The Morgan fingerprint density at radius 3 is 2.71 bits per heavy atom. The standard InChI is InChI=1S/C26H28N6O2/c1-19-6-2-4-8-22(19)25-29-24(34-30-25)17-31-13-10-20(11-14-31)26(33)28-16-21-7-3-5-9-23(21)32-15-12-27-18-32/h2-9,12,15,18,20H,10-11,13-14,16-17H2,1H3,(H,28,33). The summed E-state index contributed by atoms with van der Waals surface area (Å²) in [5, 5.41) is 7.28. The molecule has 8 nitrogen and oxygen atoms in total. The van der Waals surface area contributed by atoms with Gasteiger partial charge in [0.1, 0.15) is 0 Å². The molecule has 174 valence electrons. The summed E-state index contributed by atoms with van der Waals surface area (Å²) in [6, 6.07) is 16.1. The summed E-state index contributed by atoms with van der Waals surface area (Å²) in [5.41, 5.74) is 4.20. The lowest BCUT2D eigenvalue weighted by atomic mass is 9.96. The maximum absolute atomic E-state index is 12.8. The number of amides is 1. The Kier molecular flexibility index (Phi) is 6.49. The van der Waals surface area contributed by atoms with Crippen molar-refractivity contribution in [2.24, 2.45) is 5.92 Å². The number of imidazole rings is 1. The van der Waals surface area contributed by atoms with Crippen LogP contribution in [0.4, 0.5) is 0 Å². The molecular weight excluding hydrogens is 428 g/mol. The van der Waals surface area contributed by atoms with E-state index in [9.17, 15) is 4.79 Å². The minimum atomic E-state index is 0.0156. The highest BCUT2D eigenvalue weighted by molar-refractivity contribution is 5.78. The van der Waals surface area contributed by atoms with E-state index in [1.165, 1.54) is 0 Å². The fraction of sp³-hybridized carbons (Fsp3) is 0.308. The molecule has 1 N–H and O–H groups in total. The number of nitrogens with one attached hydrogen (secondary N) is 1. The number of hydrogen-bond donors (Lipinski definition) is 1. The van der Waals surface area contributed by atoms with Gasteiger partial charge >= 0.3 is 0 Å². The van der Waals surface area contributed by atoms with Gasteiger partial charge in [-0.1, -0.05) is 47.6 Å². The van der Waals surface area contributed by atoms with Gasteiger partial charge < -0.3 is 14.4 Å². The highest BCUT2D eigenvalue weighted by Crippen LogP contribution is 2.23. The first-order valence-electron chi connectivity index (χ1n) is 11.6. The molecule has 3 heterocycles. The predicted molar refractivity (Wildman–Crippen MR) is 128 cm³/mol. The van der Waals surface area contributed by atoms with Crippen LogP contribution >= 0.6 is 0 Å². The molecule has 0 saturated carbocycles. The summed E-state index contributed by atoms with van der Waals surface area (Å²) >= 11 is 0. The van der Waals surface area contributed by atoms with E-state index in [0.29, 0.717) is 24.8 Å². The van der Waals surface area contributed by atoms with E-state index < -0.39 is 0 Å². The van der Waals surface area contributed by atoms with Crippen LogP contribution in [0.25, 0.3) is 17.1 Å². The third-order valence-electron chi connectivity index (χ3n) is 6.40. The van der Waals surface area contributed by atoms with Gasteiger partial charge in [0.05, 0.1) is 18.6 Å². The minimum Gasteiger partial charge on any atom is -0.352 e. The van der Waals surface area contributed by atoms with Crippen LogP contribution in [-0.4, -0.2) is 43.6 Å². The Labute approximate surface area is 198 Å². The van der Waals surface area contributed by atoms with Gasteiger partial charge in [0.2, 0.25) is 17.6 Å². The van der Waals surface area contributed by atoms with Crippen molar-refractivity contribution < 1.29 is 9.32 Å². The van der Waals surface area contributed by atoms with Gasteiger partial charge in [0, 0.05) is 30.4 Å². The molecule has 1 aliphatic rings. The normalized spacial score (nSPS) is 14.9. The molecule has 2 aromatic carbocycles. The van der Waals surface area contributed by atoms with Crippen LogP contribution in [0, 0.1) is 12.8 Å². The zero-order valence-corrected chi connectivity index (χ0v) is 19.2. The summed E-state index contributed by atoms with van der Waals surface area (Å²) < 4.78 is 7.45. The fourth-order valence-electron chi connectivity index (χ4n) is 4.44. The number of benzene rings is 2.